The molecule has 1 aliphatic rings. The van der Waals surface area contributed by atoms with Crippen molar-refractivity contribution >= 4 is 11.6 Å². The molecule has 0 spiro atoms. The number of furan rings is 1. The number of carbonyl (C=O) groups is 1. The second-order valence-corrected chi connectivity index (χ2v) is 4.07. The maximum Gasteiger partial charge on any atom is 0.307 e. The molecule has 2 heterocycles. The molecule has 0 saturated heterocycles. The maximum atomic E-state index is 11.7. The van der Waals surface area contributed by atoms with Crippen molar-refractivity contribution in [3.8, 4) is 5.75 Å². The van der Waals surface area contributed by atoms with Crippen LogP contribution < -0.4 is 10.2 Å². The smallest absolute Gasteiger partial charge is 0.307 e. The average Bonchev–Trinajstić information content (AvgIpc) is 2.99. The van der Waals surface area contributed by atoms with E-state index in [4.69, 9.17) is 9.15 Å². The Bertz CT molecular complexity index is 617. The predicted molar refractivity (Wildman–Crippen MR) is 69.3 cm³/mol. The largest absolute Gasteiger partial charge is 0.492 e. The van der Waals surface area contributed by atoms with Crippen LogP contribution in [0.3, 0.4) is 0 Å². The molecular weight excluding hydrogens is 244 g/mol. The Balaban J connectivity index is 1.80. The first-order chi connectivity index (χ1) is 9.34. The third-order valence-electron chi connectivity index (χ3n) is 2.83. The molecule has 5 nitrogen and oxygen atoms in total. The molecule has 5 heteroatoms. The lowest BCUT2D eigenvalue weighted by atomic mass is 10.0. The number of hydrogen-bond donors (Lipinski definition) is 1. The zero-order valence-corrected chi connectivity index (χ0v) is 10.1. The summed E-state index contributed by atoms with van der Waals surface area (Å²) in [6, 6.07) is 10.9. The van der Waals surface area contributed by atoms with Crippen LogP contribution in [0.1, 0.15) is 22.5 Å². The van der Waals surface area contributed by atoms with Crippen molar-refractivity contribution in [1.82, 2.24) is 5.43 Å². The fourth-order valence-electron chi connectivity index (χ4n) is 1.92. The monoisotopic (exact) mass is 256 g/mol. The summed E-state index contributed by atoms with van der Waals surface area (Å²) in [6.07, 6.45) is 2.11. The Kier molecular flexibility index (Phi) is 3.02. The highest BCUT2D eigenvalue weighted by atomic mass is 16.5. The normalized spacial score (nSPS) is 15.7. The van der Waals surface area contributed by atoms with Gasteiger partial charge in [0.1, 0.15) is 5.75 Å². The summed E-state index contributed by atoms with van der Waals surface area (Å²) in [7, 11) is 0. The average molecular weight is 256 g/mol. The second-order valence-electron chi connectivity index (χ2n) is 4.07. The van der Waals surface area contributed by atoms with Gasteiger partial charge in [-0.3, -0.25) is 4.79 Å². The number of rotatable bonds is 2. The molecule has 3 rings (SSSR count). The van der Waals surface area contributed by atoms with E-state index >= 15 is 0 Å². The third-order valence-corrected chi connectivity index (χ3v) is 2.83. The van der Waals surface area contributed by atoms with Gasteiger partial charge in [-0.05, 0) is 24.3 Å². The fourth-order valence-corrected chi connectivity index (χ4v) is 1.92. The molecule has 1 N–H and O–H groups in total. The molecule has 96 valence electrons. The van der Waals surface area contributed by atoms with E-state index in [1.807, 2.05) is 24.3 Å². The van der Waals surface area contributed by atoms with Crippen LogP contribution in [0, 0.1) is 0 Å². The highest BCUT2D eigenvalue weighted by Crippen LogP contribution is 2.24. The lowest BCUT2D eigenvalue weighted by molar-refractivity contribution is 0.0927. The Morgan fingerprint density at radius 3 is 2.95 bits per heavy atom. The zero-order valence-electron chi connectivity index (χ0n) is 10.1. The van der Waals surface area contributed by atoms with Crippen LogP contribution in [-0.2, 0) is 0 Å². The van der Waals surface area contributed by atoms with Gasteiger partial charge in [0, 0.05) is 12.0 Å². The van der Waals surface area contributed by atoms with Crippen molar-refractivity contribution in [3.05, 3.63) is 54.0 Å². The molecule has 0 radical (unpaired) electrons. The van der Waals surface area contributed by atoms with Gasteiger partial charge >= 0.3 is 5.91 Å². The van der Waals surface area contributed by atoms with Gasteiger partial charge in [-0.1, -0.05) is 12.1 Å². The summed E-state index contributed by atoms with van der Waals surface area (Å²) < 4.78 is 10.5. The Labute approximate surface area is 109 Å². The summed E-state index contributed by atoms with van der Waals surface area (Å²) in [5, 5.41) is 4.16. The quantitative estimate of drug-likeness (QED) is 0.838. The molecule has 1 aliphatic heterocycles. The number of hydrogen-bond acceptors (Lipinski definition) is 4. The standard InChI is InChI=1S/C14H12N2O3/c17-14(13-6-3-8-18-13)16-15-11-7-9-19-12-5-2-1-4-10(11)12/h1-6,8H,7,9H2,(H,16,17). The van der Waals surface area contributed by atoms with Crippen molar-refractivity contribution in [2.75, 3.05) is 6.61 Å². The van der Waals surface area contributed by atoms with Crippen molar-refractivity contribution < 1.29 is 13.9 Å². The second kappa shape index (κ2) is 4.97. The van der Waals surface area contributed by atoms with Gasteiger partial charge in [-0.25, -0.2) is 5.43 Å². The molecule has 2 aromatic rings. The van der Waals surface area contributed by atoms with E-state index in [0.29, 0.717) is 13.0 Å². The maximum absolute atomic E-state index is 11.7. The molecule has 0 aliphatic carbocycles. The SMILES string of the molecule is O=C(NN=C1CCOc2ccccc21)c1ccco1. The van der Waals surface area contributed by atoms with Crippen molar-refractivity contribution in [1.29, 1.82) is 0 Å². The van der Waals surface area contributed by atoms with E-state index in [1.54, 1.807) is 12.1 Å². The molecule has 1 aromatic heterocycles. The molecule has 19 heavy (non-hydrogen) atoms. The van der Waals surface area contributed by atoms with Gasteiger partial charge in [-0.2, -0.15) is 5.10 Å². The Morgan fingerprint density at radius 1 is 1.21 bits per heavy atom. The first-order valence-electron chi connectivity index (χ1n) is 5.97. The number of benzene rings is 1. The Hall–Kier alpha value is -2.56. The minimum atomic E-state index is -0.360. The lowest BCUT2D eigenvalue weighted by Gasteiger charge is -2.18. The van der Waals surface area contributed by atoms with Gasteiger partial charge in [0.2, 0.25) is 0 Å². The van der Waals surface area contributed by atoms with Gasteiger partial charge in [-0.15, -0.1) is 0 Å². The molecule has 0 unspecified atom stereocenters. The number of nitrogens with one attached hydrogen (secondary N) is 1. The number of fused-ring (bicyclic) bond motifs is 1. The van der Waals surface area contributed by atoms with Gasteiger partial charge in [0.15, 0.2) is 5.76 Å². The Morgan fingerprint density at radius 2 is 2.11 bits per heavy atom. The summed E-state index contributed by atoms with van der Waals surface area (Å²) in [4.78, 5) is 11.7. The lowest BCUT2D eigenvalue weighted by Crippen LogP contribution is -2.23. The van der Waals surface area contributed by atoms with Crippen LogP contribution in [0.5, 0.6) is 5.75 Å². The number of para-hydroxylation sites is 1. The molecule has 1 aromatic carbocycles. The summed E-state index contributed by atoms with van der Waals surface area (Å²) in [5.41, 5.74) is 4.21. The predicted octanol–water partition coefficient (Wildman–Crippen LogP) is 2.20. The first kappa shape index (κ1) is 11.5. The van der Waals surface area contributed by atoms with Gasteiger partial charge < -0.3 is 9.15 Å². The molecule has 0 bridgehead atoms. The van der Waals surface area contributed by atoms with Crippen molar-refractivity contribution in [2.45, 2.75) is 6.42 Å². The minimum Gasteiger partial charge on any atom is -0.492 e. The number of hydrazone groups is 1. The first-order valence-corrected chi connectivity index (χ1v) is 5.97. The number of nitrogens with zero attached hydrogens (tertiary/aromatic N) is 1. The van der Waals surface area contributed by atoms with Crippen molar-refractivity contribution in [3.63, 3.8) is 0 Å². The van der Waals surface area contributed by atoms with E-state index in [-0.39, 0.29) is 11.7 Å². The highest BCUT2D eigenvalue weighted by Gasteiger charge is 2.16. The van der Waals surface area contributed by atoms with E-state index < -0.39 is 0 Å². The van der Waals surface area contributed by atoms with E-state index in [2.05, 4.69) is 10.5 Å². The molecule has 0 saturated carbocycles. The topological polar surface area (TPSA) is 63.8 Å². The molecule has 0 fully saturated rings. The van der Waals surface area contributed by atoms with Crippen molar-refractivity contribution in [2.24, 2.45) is 5.10 Å². The minimum absolute atomic E-state index is 0.240. The molecule has 0 atom stereocenters. The van der Waals surface area contributed by atoms with Crippen LogP contribution in [0.15, 0.2) is 52.2 Å². The van der Waals surface area contributed by atoms with Crippen LogP contribution >= 0.6 is 0 Å². The number of amides is 1. The van der Waals surface area contributed by atoms with Crippen LogP contribution in [0.25, 0.3) is 0 Å². The summed E-state index contributed by atoms with van der Waals surface area (Å²) >= 11 is 0. The van der Waals surface area contributed by atoms with Crippen LogP contribution in [0.2, 0.25) is 0 Å². The van der Waals surface area contributed by atoms with Gasteiger partial charge in [0.25, 0.3) is 0 Å². The van der Waals surface area contributed by atoms with E-state index in [0.717, 1.165) is 17.0 Å². The van der Waals surface area contributed by atoms with E-state index in [1.165, 1.54) is 6.26 Å². The third kappa shape index (κ3) is 2.35. The zero-order chi connectivity index (χ0) is 13.1. The van der Waals surface area contributed by atoms with Gasteiger partial charge in [0.05, 0.1) is 18.6 Å². The number of carbonyl (C=O) groups excluding carboxylic acids is 1. The number of ether oxygens (including phenoxy) is 1. The summed E-state index contributed by atoms with van der Waals surface area (Å²) in [6.45, 7) is 0.562. The highest BCUT2D eigenvalue weighted by molar-refractivity contribution is 6.04. The van der Waals surface area contributed by atoms with Crippen LogP contribution in [-0.4, -0.2) is 18.2 Å². The fraction of sp³-hybridized carbons (Fsp3) is 0.143. The van der Waals surface area contributed by atoms with Crippen LogP contribution in [0.4, 0.5) is 0 Å². The van der Waals surface area contributed by atoms with E-state index in [9.17, 15) is 4.79 Å². The molecule has 1 amide bonds. The summed E-state index contributed by atoms with van der Waals surface area (Å²) in [5.74, 6) is 0.672. The molecular formula is C14H12N2O3.